The summed E-state index contributed by atoms with van der Waals surface area (Å²) >= 11 is 0. The van der Waals surface area contributed by atoms with Gasteiger partial charge in [-0.1, -0.05) is 54.1 Å². The van der Waals surface area contributed by atoms with Crippen LogP contribution in [0, 0.1) is 6.92 Å². The average molecular weight is 596 g/mol. The minimum Gasteiger partial charge on any atom is -0.497 e. The molecule has 226 valence electrons. The molecule has 0 aromatic heterocycles. The Balaban J connectivity index is 1.41. The van der Waals surface area contributed by atoms with Gasteiger partial charge in [-0.2, -0.15) is 13.2 Å². The summed E-state index contributed by atoms with van der Waals surface area (Å²) in [6.45, 7) is 1.28. The first-order chi connectivity index (χ1) is 20.5. The first-order valence-electron chi connectivity index (χ1n) is 13.9. The number of ether oxygens (including phenoxy) is 2. The summed E-state index contributed by atoms with van der Waals surface area (Å²) in [6, 6.07) is 19.6. The van der Waals surface area contributed by atoms with Gasteiger partial charge in [-0.3, -0.25) is 14.5 Å². The fourth-order valence-electron chi connectivity index (χ4n) is 5.66. The SMILES string of the molecule is COc1ccc(CN2CC3N(CC2=O)C(=O)CC(Cc2ccccc2)N3C(=O)OCc2cc(C)cc(C(F)(F)F)c2)cc1. The average Bonchev–Trinajstić information content (AvgIpc) is 2.97. The Morgan fingerprint density at radius 2 is 1.65 bits per heavy atom. The molecule has 0 aliphatic carbocycles. The van der Waals surface area contributed by atoms with Gasteiger partial charge in [0.15, 0.2) is 0 Å². The smallest absolute Gasteiger partial charge is 0.416 e. The van der Waals surface area contributed by atoms with Crippen LogP contribution in [0.5, 0.6) is 5.75 Å². The molecular formula is C32H32F3N3O5. The molecule has 2 aliphatic heterocycles. The van der Waals surface area contributed by atoms with Crippen LogP contribution in [-0.4, -0.2) is 65.0 Å². The summed E-state index contributed by atoms with van der Waals surface area (Å²) in [5, 5.41) is 0. The molecule has 8 nitrogen and oxygen atoms in total. The van der Waals surface area contributed by atoms with Gasteiger partial charge in [-0.15, -0.1) is 0 Å². The van der Waals surface area contributed by atoms with Crippen LogP contribution in [0.1, 0.15) is 34.2 Å². The van der Waals surface area contributed by atoms with Crippen molar-refractivity contribution in [3.05, 3.63) is 101 Å². The van der Waals surface area contributed by atoms with Gasteiger partial charge in [-0.25, -0.2) is 4.79 Å². The lowest BCUT2D eigenvalue weighted by Crippen LogP contribution is -2.70. The Morgan fingerprint density at radius 3 is 2.33 bits per heavy atom. The van der Waals surface area contributed by atoms with Gasteiger partial charge in [0.25, 0.3) is 0 Å². The molecule has 0 saturated carbocycles. The van der Waals surface area contributed by atoms with Crippen LogP contribution in [0.15, 0.2) is 72.8 Å². The van der Waals surface area contributed by atoms with Crippen LogP contribution in [0.2, 0.25) is 0 Å². The Morgan fingerprint density at radius 1 is 0.930 bits per heavy atom. The highest BCUT2D eigenvalue weighted by Gasteiger charge is 2.47. The number of alkyl halides is 3. The Bertz CT molecular complexity index is 1480. The van der Waals surface area contributed by atoms with E-state index in [-0.39, 0.29) is 50.0 Å². The Kier molecular flexibility index (Phi) is 8.61. The molecule has 0 bridgehead atoms. The molecule has 2 aliphatic rings. The number of carbonyl (C=O) groups is 3. The van der Waals surface area contributed by atoms with E-state index in [0.29, 0.717) is 17.7 Å². The first-order valence-corrected chi connectivity index (χ1v) is 13.9. The van der Waals surface area contributed by atoms with Crippen molar-refractivity contribution in [1.82, 2.24) is 14.7 Å². The lowest BCUT2D eigenvalue weighted by Gasteiger charge is -2.51. The highest BCUT2D eigenvalue weighted by molar-refractivity contribution is 5.88. The van der Waals surface area contributed by atoms with Crippen molar-refractivity contribution < 1.29 is 37.0 Å². The molecule has 3 amide bonds. The second kappa shape index (κ2) is 12.4. The van der Waals surface area contributed by atoms with Crippen LogP contribution in [-0.2, 0) is 40.1 Å². The van der Waals surface area contributed by atoms with Gasteiger partial charge in [-0.05, 0) is 54.3 Å². The van der Waals surface area contributed by atoms with E-state index in [2.05, 4.69) is 0 Å². The summed E-state index contributed by atoms with van der Waals surface area (Å²) in [5.41, 5.74) is 1.51. The number of hydrogen-bond acceptors (Lipinski definition) is 5. The minimum atomic E-state index is -4.54. The van der Waals surface area contributed by atoms with Gasteiger partial charge in [0.05, 0.1) is 19.2 Å². The molecule has 2 heterocycles. The maximum absolute atomic E-state index is 13.7. The summed E-state index contributed by atoms with van der Waals surface area (Å²) in [5.74, 6) is 0.169. The third-order valence-electron chi connectivity index (χ3n) is 7.73. The number of fused-ring (bicyclic) bond motifs is 1. The predicted octanol–water partition coefficient (Wildman–Crippen LogP) is 5.17. The van der Waals surface area contributed by atoms with Crippen LogP contribution in [0.25, 0.3) is 0 Å². The normalized spacial score (nSPS) is 18.9. The maximum atomic E-state index is 13.7. The monoisotopic (exact) mass is 595 g/mol. The Hall–Kier alpha value is -4.54. The van der Waals surface area contributed by atoms with E-state index in [9.17, 15) is 27.6 Å². The summed E-state index contributed by atoms with van der Waals surface area (Å²) in [4.78, 5) is 44.6. The molecule has 2 saturated heterocycles. The van der Waals surface area contributed by atoms with E-state index < -0.39 is 30.0 Å². The van der Waals surface area contributed by atoms with Crippen LogP contribution < -0.4 is 4.74 Å². The molecule has 5 rings (SSSR count). The van der Waals surface area contributed by atoms with E-state index in [1.807, 2.05) is 42.5 Å². The highest BCUT2D eigenvalue weighted by Crippen LogP contribution is 2.32. The van der Waals surface area contributed by atoms with Gasteiger partial charge < -0.3 is 19.3 Å². The van der Waals surface area contributed by atoms with E-state index in [1.54, 1.807) is 31.1 Å². The molecule has 43 heavy (non-hydrogen) atoms. The third-order valence-corrected chi connectivity index (χ3v) is 7.73. The number of methoxy groups -OCH3 is 1. The molecule has 0 spiro atoms. The van der Waals surface area contributed by atoms with Crippen molar-refractivity contribution in [2.75, 3.05) is 20.2 Å². The zero-order valence-electron chi connectivity index (χ0n) is 23.8. The largest absolute Gasteiger partial charge is 0.497 e. The van der Waals surface area contributed by atoms with Gasteiger partial charge in [0, 0.05) is 19.0 Å². The van der Waals surface area contributed by atoms with Crippen molar-refractivity contribution in [3.63, 3.8) is 0 Å². The molecule has 2 atom stereocenters. The number of aryl methyl sites for hydroxylation is 1. The number of benzene rings is 3. The van der Waals surface area contributed by atoms with Crippen molar-refractivity contribution >= 4 is 17.9 Å². The van der Waals surface area contributed by atoms with Gasteiger partial charge in [0.2, 0.25) is 11.8 Å². The van der Waals surface area contributed by atoms with Crippen molar-refractivity contribution in [2.45, 2.75) is 51.3 Å². The third kappa shape index (κ3) is 6.93. The molecular weight excluding hydrogens is 563 g/mol. The molecule has 3 aromatic carbocycles. The fourth-order valence-corrected chi connectivity index (χ4v) is 5.66. The maximum Gasteiger partial charge on any atom is 0.416 e. The molecule has 3 aromatic rings. The van der Waals surface area contributed by atoms with Crippen molar-refractivity contribution in [2.24, 2.45) is 0 Å². The number of hydrogen-bond donors (Lipinski definition) is 0. The summed E-state index contributed by atoms with van der Waals surface area (Å²) in [7, 11) is 1.56. The van der Waals surface area contributed by atoms with Crippen LogP contribution >= 0.6 is 0 Å². The van der Waals surface area contributed by atoms with Crippen LogP contribution in [0.3, 0.4) is 0 Å². The standard InChI is InChI=1S/C32H32F3N3O5/c1-21-12-24(14-25(13-21)32(33,34)35)20-43-31(41)38-26(15-22-6-4-3-5-7-22)16-29(39)37-19-30(40)36(18-28(37)38)17-23-8-10-27(42-2)11-9-23/h3-14,26,28H,15-20H2,1-2H3. The fraction of sp³-hybridized carbons (Fsp3) is 0.344. The second-order valence-corrected chi connectivity index (χ2v) is 10.8. The van der Waals surface area contributed by atoms with E-state index >= 15 is 0 Å². The summed E-state index contributed by atoms with van der Waals surface area (Å²) in [6.07, 6.45) is -5.77. The molecule has 0 N–H and O–H groups in total. The predicted molar refractivity (Wildman–Crippen MR) is 151 cm³/mol. The van der Waals surface area contributed by atoms with E-state index in [4.69, 9.17) is 9.47 Å². The second-order valence-electron chi connectivity index (χ2n) is 10.8. The van der Waals surface area contributed by atoms with Crippen molar-refractivity contribution in [3.8, 4) is 5.75 Å². The number of piperazine rings is 1. The lowest BCUT2D eigenvalue weighted by atomic mass is 9.96. The zero-order chi connectivity index (χ0) is 30.7. The molecule has 2 fully saturated rings. The number of rotatable bonds is 7. The van der Waals surface area contributed by atoms with Gasteiger partial charge in [0.1, 0.15) is 25.1 Å². The minimum absolute atomic E-state index is 0.0189. The number of carbonyl (C=O) groups excluding carboxylic acids is 3. The number of amides is 3. The van der Waals surface area contributed by atoms with Gasteiger partial charge >= 0.3 is 12.3 Å². The van der Waals surface area contributed by atoms with E-state index in [0.717, 1.165) is 23.3 Å². The highest BCUT2D eigenvalue weighted by atomic mass is 19.4. The van der Waals surface area contributed by atoms with Crippen molar-refractivity contribution in [1.29, 1.82) is 0 Å². The Labute approximate surface area is 247 Å². The topological polar surface area (TPSA) is 79.4 Å². The molecule has 11 heteroatoms. The number of nitrogens with zero attached hydrogens (tertiary/aromatic N) is 3. The quantitative estimate of drug-likeness (QED) is 0.377. The van der Waals surface area contributed by atoms with Crippen LogP contribution in [0.4, 0.5) is 18.0 Å². The lowest BCUT2D eigenvalue weighted by molar-refractivity contribution is -0.164. The summed E-state index contributed by atoms with van der Waals surface area (Å²) < 4.78 is 51.0. The van der Waals surface area contributed by atoms with E-state index in [1.165, 1.54) is 15.9 Å². The molecule has 0 radical (unpaired) electrons. The first kappa shape index (κ1) is 29.9. The molecule has 2 unspecified atom stereocenters. The number of halogens is 3. The zero-order valence-corrected chi connectivity index (χ0v) is 23.8.